The van der Waals surface area contributed by atoms with Gasteiger partial charge in [0.05, 0.1) is 17.5 Å². The highest BCUT2D eigenvalue weighted by Gasteiger charge is 2.69. The summed E-state index contributed by atoms with van der Waals surface area (Å²) in [6.07, 6.45) is 7.29. The van der Waals surface area contributed by atoms with Crippen LogP contribution in [0, 0.1) is 23.7 Å². The number of aromatic hydroxyl groups is 1. The number of piperidine rings is 1. The third-order valence-corrected chi connectivity index (χ3v) is 9.91. The number of primary amides is 1. The molecule has 1 amide bonds. The molecule has 3 aliphatic carbocycles. The van der Waals surface area contributed by atoms with Gasteiger partial charge in [0.1, 0.15) is 5.75 Å². The summed E-state index contributed by atoms with van der Waals surface area (Å²) in [5, 5.41) is 22.6. The van der Waals surface area contributed by atoms with Crippen LogP contribution in [-0.4, -0.2) is 92.9 Å². The van der Waals surface area contributed by atoms with Crippen LogP contribution in [0.4, 0.5) is 0 Å². The largest absolute Gasteiger partial charge is 0.507 e. The molecule has 2 heterocycles. The van der Waals surface area contributed by atoms with Gasteiger partial charge in [-0.2, -0.15) is 0 Å². The van der Waals surface area contributed by atoms with Crippen molar-refractivity contribution in [3.8, 4) is 16.9 Å². The molecule has 2 unspecified atom stereocenters. The highest BCUT2D eigenvalue weighted by Crippen LogP contribution is 2.51. The Balaban J connectivity index is 1.41. The van der Waals surface area contributed by atoms with E-state index < -0.39 is 64.4 Å². The molecule has 226 valence electrons. The Kier molecular flexibility index (Phi) is 7.30. The Bertz CT molecular complexity index is 1550. The molecule has 1 aromatic heterocycles. The van der Waals surface area contributed by atoms with E-state index >= 15 is 0 Å². The summed E-state index contributed by atoms with van der Waals surface area (Å²) in [5.41, 5.74) is 5.68. The molecule has 0 radical (unpaired) electrons. The van der Waals surface area contributed by atoms with Gasteiger partial charge in [-0.05, 0) is 87.6 Å². The molecule has 1 saturated heterocycles. The number of benzene rings is 1. The smallest absolute Gasteiger partial charge is 0.235 e. The fourth-order valence-corrected chi connectivity index (χ4v) is 7.97. The number of nitrogens with two attached hydrogens (primary N) is 1. The Morgan fingerprint density at radius 2 is 1.81 bits per heavy atom. The number of phenolic OH excluding ortho intramolecular Hbond substituents is 1. The Morgan fingerprint density at radius 3 is 2.49 bits per heavy atom. The minimum Gasteiger partial charge on any atom is -0.507 e. The van der Waals surface area contributed by atoms with Crippen LogP contribution >= 0.6 is 0 Å². The molecule has 6 atom stereocenters. The maximum atomic E-state index is 14.0. The maximum absolute atomic E-state index is 14.0. The lowest BCUT2D eigenvalue weighted by Crippen LogP contribution is -2.74. The first-order chi connectivity index (χ1) is 20.4. The van der Waals surface area contributed by atoms with Gasteiger partial charge in [0, 0.05) is 30.4 Å². The van der Waals surface area contributed by atoms with Crippen molar-refractivity contribution in [1.82, 2.24) is 14.8 Å². The molecular weight excluding hydrogens is 552 g/mol. The second-order valence-electron chi connectivity index (χ2n) is 12.7. The molecule has 1 aliphatic heterocycles. The number of phenols is 1. The SMILES string of the molecule is CN(C)[C@@H]1C(=O)C(C(N)=O)C(=O)[C@@]2(O)C(=O)C3C(=O)c4c(O)ccc(-c5cncc(CN6CCCCC6)c5)c4C[C@H]3C[C@@H]12. The minimum absolute atomic E-state index is 0.00619. The second kappa shape index (κ2) is 10.7. The molecule has 11 nitrogen and oxygen atoms in total. The van der Waals surface area contributed by atoms with E-state index in [1.54, 1.807) is 26.4 Å². The summed E-state index contributed by atoms with van der Waals surface area (Å²) < 4.78 is 0. The van der Waals surface area contributed by atoms with Crippen molar-refractivity contribution in [2.45, 2.75) is 50.3 Å². The maximum Gasteiger partial charge on any atom is 0.235 e. The first-order valence-corrected chi connectivity index (χ1v) is 14.8. The minimum atomic E-state index is -2.74. The van der Waals surface area contributed by atoms with Crippen LogP contribution in [0.1, 0.15) is 47.2 Å². The van der Waals surface area contributed by atoms with Gasteiger partial charge in [0.25, 0.3) is 0 Å². The van der Waals surface area contributed by atoms with E-state index in [1.165, 1.54) is 17.4 Å². The lowest BCUT2D eigenvalue weighted by Gasteiger charge is -2.52. The number of rotatable bonds is 5. The summed E-state index contributed by atoms with van der Waals surface area (Å²) in [5.74, 6) is -10.6. The molecule has 6 rings (SSSR count). The summed E-state index contributed by atoms with van der Waals surface area (Å²) >= 11 is 0. The van der Waals surface area contributed by atoms with Crippen molar-refractivity contribution in [3.05, 3.63) is 47.3 Å². The number of carbonyl (C=O) groups is 5. The van der Waals surface area contributed by atoms with Crippen LogP contribution in [0.2, 0.25) is 0 Å². The number of hydrogen-bond acceptors (Lipinski definition) is 10. The number of aliphatic hydroxyl groups is 1. The van der Waals surface area contributed by atoms with E-state index in [1.807, 2.05) is 12.3 Å². The second-order valence-corrected chi connectivity index (χ2v) is 12.7. The van der Waals surface area contributed by atoms with Crippen molar-refractivity contribution in [3.63, 3.8) is 0 Å². The summed E-state index contributed by atoms with van der Waals surface area (Å²) in [6.45, 7) is 2.80. The van der Waals surface area contributed by atoms with E-state index in [0.29, 0.717) is 11.1 Å². The molecule has 1 aromatic carbocycles. The number of fused-ring (bicyclic) bond motifs is 3. The van der Waals surface area contributed by atoms with E-state index in [9.17, 15) is 34.2 Å². The van der Waals surface area contributed by atoms with E-state index in [-0.39, 0.29) is 24.2 Å². The van der Waals surface area contributed by atoms with Gasteiger partial charge in [-0.25, -0.2) is 0 Å². The van der Waals surface area contributed by atoms with Crippen molar-refractivity contribution in [2.24, 2.45) is 29.4 Å². The normalized spacial score (nSPS) is 31.0. The fraction of sp³-hybridized carbons (Fsp3) is 0.500. The molecule has 0 spiro atoms. The van der Waals surface area contributed by atoms with E-state index in [2.05, 4.69) is 9.88 Å². The molecule has 2 aromatic rings. The first-order valence-electron chi connectivity index (χ1n) is 14.8. The number of likely N-dealkylation sites (N-methyl/N-ethyl adjacent to an activating group) is 1. The average molecular weight is 589 g/mol. The Hall–Kier alpha value is -3.80. The lowest BCUT2D eigenvalue weighted by molar-refractivity contribution is -0.181. The number of nitrogens with zero attached hydrogens (tertiary/aromatic N) is 3. The van der Waals surface area contributed by atoms with Crippen molar-refractivity contribution < 1.29 is 34.2 Å². The molecule has 43 heavy (non-hydrogen) atoms. The van der Waals surface area contributed by atoms with Gasteiger partial charge in [0.15, 0.2) is 34.7 Å². The topological polar surface area (TPSA) is 171 Å². The van der Waals surface area contributed by atoms with Crippen LogP contribution < -0.4 is 5.73 Å². The van der Waals surface area contributed by atoms with Crippen LogP contribution in [-0.2, 0) is 32.1 Å². The monoisotopic (exact) mass is 588 g/mol. The summed E-state index contributed by atoms with van der Waals surface area (Å²) in [7, 11) is 3.13. The van der Waals surface area contributed by atoms with Crippen LogP contribution in [0.3, 0.4) is 0 Å². The highest BCUT2D eigenvalue weighted by molar-refractivity contribution is 6.32. The van der Waals surface area contributed by atoms with E-state index in [0.717, 1.165) is 43.6 Å². The van der Waals surface area contributed by atoms with Crippen molar-refractivity contribution >= 4 is 29.0 Å². The van der Waals surface area contributed by atoms with Gasteiger partial charge >= 0.3 is 0 Å². The number of Topliss-reactive ketones (excluding diaryl/α,β-unsaturated/α-hetero) is 4. The van der Waals surface area contributed by atoms with Gasteiger partial charge in [0.2, 0.25) is 5.91 Å². The number of ketones is 4. The van der Waals surface area contributed by atoms with Crippen LogP contribution in [0.25, 0.3) is 11.1 Å². The zero-order valence-electron chi connectivity index (χ0n) is 24.3. The number of likely N-dealkylation sites (tertiary alicyclic amines) is 1. The third kappa shape index (κ3) is 4.52. The standard InChI is InChI=1S/C32H36N4O7/c1-35(2)26-21-12-17-11-20-19(18-10-16(13-34-14-18)15-36-8-4-3-5-9-36)6-7-22(37)24(20)27(38)23(17)29(40)32(21,43)30(41)25(28(26)39)31(33)42/h6-7,10,13-14,17,21,23,25-26,37,43H,3-5,8-9,11-12,15H2,1-2H3,(H2,33,42)/t17-,21-,23?,25?,26-,32-/m0/s1. The lowest BCUT2D eigenvalue weighted by atomic mass is 9.52. The van der Waals surface area contributed by atoms with Crippen LogP contribution in [0.5, 0.6) is 5.75 Å². The fourth-order valence-electron chi connectivity index (χ4n) is 7.97. The predicted molar refractivity (Wildman–Crippen MR) is 154 cm³/mol. The summed E-state index contributed by atoms with van der Waals surface area (Å²) in [4.78, 5) is 75.3. The quantitative estimate of drug-likeness (QED) is 0.427. The van der Waals surface area contributed by atoms with E-state index in [4.69, 9.17) is 5.73 Å². The molecular formula is C32H36N4O7. The molecule has 4 N–H and O–H groups in total. The van der Waals surface area contributed by atoms with Crippen LogP contribution in [0.15, 0.2) is 30.6 Å². The number of aromatic nitrogens is 1. The van der Waals surface area contributed by atoms with Crippen molar-refractivity contribution in [1.29, 1.82) is 0 Å². The number of hydrogen-bond donors (Lipinski definition) is 3. The Morgan fingerprint density at radius 1 is 1.09 bits per heavy atom. The first kappa shape index (κ1) is 29.3. The van der Waals surface area contributed by atoms with Crippen molar-refractivity contribution in [2.75, 3.05) is 27.2 Å². The molecule has 0 bridgehead atoms. The molecule has 11 heteroatoms. The number of pyridine rings is 1. The summed E-state index contributed by atoms with van der Waals surface area (Å²) in [6, 6.07) is 4.03. The Labute approximate surface area is 249 Å². The van der Waals surface area contributed by atoms with Gasteiger partial charge in [-0.1, -0.05) is 12.5 Å². The molecule has 4 aliphatic rings. The zero-order chi connectivity index (χ0) is 30.8. The predicted octanol–water partition coefficient (Wildman–Crippen LogP) is 0.915. The number of amides is 1. The third-order valence-electron chi connectivity index (χ3n) is 9.91. The molecule has 2 saturated carbocycles. The zero-order valence-corrected chi connectivity index (χ0v) is 24.3. The molecule has 3 fully saturated rings. The van der Waals surface area contributed by atoms with Gasteiger partial charge in [-0.15, -0.1) is 0 Å². The highest BCUT2D eigenvalue weighted by atomic mass is 16.3. The van der Waals surface area contributed by atoms with Gasteiger partial charge in [-0.3, -0.25) is 38.8 Å². The van der Waals surface area contributed by atoms with Gasteiger partial charge < -0.3 is 15.9 Å². The number of carbonyl (C=O) groups excluding carboxylic acids is 5. The average Bonchev–Trinajstić information content (AvgIpc) is 2.95.